The molecule has 0 unspecified atom stereocenters. The first-order valence-corrected chi connectivity index (χ1v) is 6.26. The normalized spacial score (nSPS) is 10.3. The summed E-state index contributed by atoms with van der Waals surface area (Å²) in [4.78, 5) is 22.4. The predicted octanol–water partition coefficient (Wildman–Crippen LogP) is 2.61. The fourth-order valence-electron chi connectivity index (χ4n) is 1.84. The first kappa shape index (κ1) is 14.1. The predicted molar refractivity (Wildman–Crippen MR) is 72.9 cm³/mol. The molecule has 106 valence electrons. The lowest BCUT2D eigenvalue weighted by Gasteiger charge is -2.06. The third kappa shape index (κ3) is 2.14. The number of nitrogens with zero attached hydrogens (tertiary/aromatic N) is 1. The summed E-state index contributed by atoms with van der Waals surface area (Å²) in [6, 6.07) is 2.78. The van der Waals surface area contributed by atoms with Gasteiger partial charge in [-0.1, -0.05) is 0 Å². The summed E-state index contributed by atoms with van der Waals surface area (Å²) in [6.45, 7) is 0. The van der Waals surface area contributed by atoms with E-state index >= 15 is 0 Å². The first-order valence-electron chi connectivity index (χ1n) is 5.44. The second-order valence-electron chi connectivity index (χ2n) is 3.73. The van der Waals surface area contributed by atoms with Crippen LogP contribution in [0, 0.1) is 10.1 Å². The lowest BCUT2D eigenvalue weighted by molar-refractivity contribution is -0.385. The van der Waals surface area contributed by atoms with Crippen LogP contribution in [0.15, 0.2) is 12.1 Å². The lowest BCUT2D eigenvalue weighted by atomic mass is 10.2. The summed E-state index contributed by atoms with van der Waals surface area (Å²) in [6.07, 6.45) is 0. The van der Waals surface area contributed by atoms with Gasteiger partial charge in [0.15, 0.2) is 0 Å². The Morgan fingerprint density at radius 3 is 2.45 bits per heavy atom. The van der Waals surface area contributed by atoms with Crippen LogP contribution in [0.25, 0.3) is 10.1 Å². The average Bonchev–Trinajstić information content (AvgIpc) is 2.89. The molecular formula is C12H11NO6S. The number of carbonyl (C=O) groups excluding carboxylic acids is 1. The molecular weight excluding hydrogens is 286 g/mol. The van der Waals surface area contributed by atoms with Crippen molar-refractivity contribution in [3.8, 4) is 11.5 Å². The maximum atomic E-state index is 11.6. The van der Waals surface area contributed by atoms with Crippen LogP contribution in [0.1, 0.15) is 9.67 Å². The minimum atomic E-state index is -0.559. The number of thiophene rings is 1. The monoisotopic (exact) mass is 297 g/mol. The minimum absolute atomic E-state index is 0.0946. The Kier molecular flexibility index (Phi) is 3.75. The number of hydrogen-bond donors (Lipinski definition) is 0. The molecule has 0 saturated carbocycles. The Morgan fingerprint density at radius 2 is 1.95 bits per heavy atom. The molecule has 8 heteroatoms. The van der Waals surface area contributed by atoms with E-state index in [0.29, 0.717) is 20.7 Å². The highest BCUT2D eigenvalue weighted by Crippen LogP contribution is 2.45. The number of fused-ring (bicyclic) bond motifs is 1. The molecule has 0 N–H and O–H groups in total. The van der Waals surface area contributed by atoms with Gasteiger partial charge in [-0.05, 0) is 6.07 Å². The number of esters is 1. The van der Waals surface area contributed by atoms with Gasteiger partial charge in [0.2, 0.25) is 5.75 Å². The summed E-state index contributed by atoms with van der Waals surface area (Å²) >= 11 is 1.13. The summed E-state index contributed by atoms with van der Waals surface area (Å²) in [7, 11) is 4.01. The van der Waals surface area contributed by atoms with E-state index in [9.17, 15) is 14.9 Å². The van der Waals surface area contributed by atoms with Crippen molar-refractivity contribution in [2.45, 2.75) is 0 Å². The minimum Gasteiger partial charge on any atom is -0.495 e. The lowest BCUT2D eigenvalue weighted by Crippen LogP contribution is -1.97. The van der Waals surface area contributed by atoms with Crippen LogP contribution >= 0.6 is 11.3 Å². The van der Waals surface area contributed by atoms with Crippen LogP contribution < -0.4 is 9.47 Å². The van der Waals surface area contributed by atoms with Crippen molar-refractivity contribution in [3.05, 3.63) is 27.1 Å². The van der Waals surface area contributed by atoms with Gasteiger partial charge in [-0.2, -0.15) is 0 Å². The molecule has 0 fully saturated rings. The van der Waals surface area contributed by atoms with Crippen molar-refractivity contribution in [2.24, 2.45) is 0 Å². The maximum Gasteiger partial charge on any atom is 0.348 e. The summed E-state index contributed by atoms with van der Waals surface area (Å²) < 4.78 is 15.5. The molecule has 0 bridgehead atoms. The molecule has 2 rings (SSSR count). The number of rotatable bonds is 4. The Balaban J connectivity index is 2.82. The molecule has 0 aliphatic carbocycles. The summed E-state index contributed by atoms with van der Waals surface area (Å²) in [5.41, 5.74) is -0.217. The van der Waals surface area contributed by atoms with E-state index < -0.39 is 10.9 Å². The molecule has 20 heavy (non-hydrogen) atoms. The average molecular weight is 297 g/mol. The Morgan fingerprint density at radius 1 is 1.25 bits per heavy atom. The van der Waals surface area contributed by atoms with Crippen LogP contribution in [0.5, 0.6) is 11.5 Å². The quantitative estimate of drug-likeness (QED) is 0.489. The highest BCUT2D eigenvalue weighted by Gasteiger charge is 2.25. The number of nitro groups is 1. The third-order valence-electron chi connectivity index (χ3n) is 2.71. The van der Waals surface area contributed by atoms with E-state index in [1.807, 2.05) is 0 Å². The van der Waals surface area contributed by atoms with Crippen molar-refractivity contribution >= 4 is 33.1 Å². The standard InChI is InChI=1S/C12H11NO6S/c1-17-8-5-7(13(15)16)10(18-2)6-4-9(12(14)19-3)20-11(6)8/h4-5H,1-3H3. The van der Waals surface area contributed by atoms with E-state index in [1.165, 1.54) is 33.5 Å². The van der Waals surface area contributed by atoms with E-state index in [4.69, 9.17) is 9.47 Å². The van der Waals surface area contributed by atoms with Gasteiger partial charge in [-0.3, -0.25) is 10.1 Å². The fourth-order valence-corrected chi connectivity index (χ4v) is 2.91. The molecule has 0 aliphatic heterocycles. The summed E-state index contributed by atoms with van der Waals surface area (Å²) in [5.74, 6) is -0.109. The molecule has 0 saturated heterocycles. The Labute approximate surface area is 117 Å². The van der Waals surface area contributed by atoms with Crippen molar-refractivity contribution in [1.82, 2.24) is 0 Å². The van der Waals surface area contributed by atoms with Crippen LogP contribution in [-0.2, 0) is 4.74 Å². The van der Waals surface area contributed by atoms with Crippen LogP contribution in [0.3, 0.4) is 0 Å². The number of ether oxygens (including phenoxy) is 3. The van der Waals surface area contributed by atoms with E-state index in [0.717, 1.165) is 11.3 Å². The van der Waals surface area contributed by atoms with E-state index in [1.54, 1.807) is 0 Å². The summed E-state index contributed by atoms with van der Waals surface area (Å²) in [5, 5.41) is 11.5. The van der Waals surface area contributed by atoms with Gasteiger partial charge in [-0.25, -0.2) is 4.79 Å². The van der Waals surface area contributed by atoms with Crippen LogP contribution in [0.4, 0.5) is 5.69 Å². The molecule has 7 nitrogen and oxygen atoms in total. The molecule has 0 amide bonds. The van der Waals surface area contributed by atoms with Crippen molar-refractivity contribution in [2.75, 3.05) is 21.3 Å². The van der Waals surface area contributed by atoms with Gasteiger partial charge in [0.05, 0.1) is 37.0 Å². The zero-order valence-electron chi connectivity index (χ0n) is 11.0. The van der Waals surface area contributed by atoms with Crippen molar-refractivity contribution < 1.29 is 23.9 Å². The Hall–Kier alpha value is -2.35. The van der Waals surface area contributed by atoms with Gasteiger partial charge in [-0.15, -0.1) is 11.3 Å². The number of benzene rings is 1. The van der Waals surface area contributed by atoms with Gasteiger partial charge in [0, 0.05) is 5.39 Å². The zero-order chi connectivity index (χ0) is 14.9. The maximum absolute atomic E-state index is 11.6. The number of carbonyl (C=O) groups is 1. The molecule has 0 atom stereocenters. The molecule has 1 heterocycles. The second kappa shape index (κ2) is 5.33. The molecule has 0 radical (unpaired) electrons. The van der Waals surface area contributed by atoms with Crippen LogP contribution in [-0.4, -0.2) is 32.2 Å². The van der Waals surface area contributed by atoms with E-state index in [2.05, 4.69) is 4.74 Å². The Bertz CT molecular complexity index is 693. The van der Waals surface area contributed by atoms with E-state index in [-0.39, 0.29) is 11.4 Å². The smallest absolute Gasteiger partial charge is 0.348 e. The number of hydrogen-bond acceptors (Lipinski definition) is 7. The van der Waals surface area contributed by atoms with Gasteiger partial charge < -0.3 is 14.2 Å². The highest BCUT2D eigenvalue weighted by atomic mass is 32.1. The number of methoxy groups -OCH3 is 3. The zero-order valence-corrected chi connectivity index (χ0v) is 11.8. The molecule has 1 aromatic heterocycles. The van der Waals surface area contributed by atoms with Crippen molar-refractivity contribution in [1.29, 1.82) is 0 Å². The highest BCUT2D eigenvalue weighted by molar-refractivity contribution is 7.21. The SMILES string of the molecule is COC(=O)c1cc2c(OC)c([N+](=O)[O-])cc(OC)c2s1. The molecule has 1 aromatic carbocycles. The van der Waals surface area contributed by atoms with Crippen LogP contribution in [0.2, 0.25) is 0 Å². The number of nitro benzene ring substituents is 1. The first-order chi connectivity index (χ1) is 9.53. The molecule has 2 aromatic rings. The molecule has 0 aliphatic rings. The molecule has 0 spiro atoms. The van der Waals surface area contributed by atoms with Crippen molar-refractivity contribution in [3.63, 3.8) is 0 Å². The third-order valence-corrected chi connectivity index (χ3v) is 3.84. The van der Waals surface area contributed by atoms with Gasteiger partial charge >= 0.3 is 11.7 Å². The second-order valence-corrected chi connectivity index (χ2v) is 4.79. The van der Waals surface area contributed by atoms with Gasteiger partial charge in [0.25, 0.3) is 0 Å². The largest absolute Gasteiger partial charge is 0.495 e. The topological polar surface area (TPSA) is 87.9 Å². The fraction of sp³-hybridized carbons (Fsp3) is 0.250. The van der Waals surface area contributed by atoms with Gasteiger partial charge in [0.1, 0.15) is 10.6 Å².